The third kappa shape index (κ3) is 3.25. The summed E-state index contributed by atoms with van der Waals surface area (Å²) in [6, 6.07) is 16.0. The normalized spacial score (nSPS) is 11.6. The summed E-state index contributed by atoms with van der Waals surface area (Å²) in [5.74, 6) is 1.01. The molecule has 3 rings (SSSR count). The molecule has 0 amide bonds. The van der Waals surface area contributed by atoms with Crippen LogP contribution in [0.25, 0.3) is 11.5 Å². The number of benzene rings is 2. The zero-order valence-electron chi connectivity index (χ0n) is 13.4. The Morgan fingerprint density at radius 1 is 1.04 bits per heavy atom. The molecule has 1 heterocycles. The van der Waals surface area contributed by atoms with Crippen molar-refractivity contribution < 1.29 is 12.8 Å². The Hall–Kier alpha value is -2.05. The van der Waals surface area contributed by atoms with Gasteiger partial charge < -0.3 is 4.42 Å². The molecule has 2 aromatic carbocycles. The van der Waals surface area contributed by atoms with Crippen molar-refractivity contribution in [1.82, 2.24) is 4.98 Å². The second kappa shape index (κ2) is 6.83. The number of thioether (sulfide) groups is 1. The van der Waals surface area contributed by atoms with E-state index < -0.39 is 9.84 Å². The zero-order valence-corrected chi connectivity index (χ0v) is 15.0. The first-order chi connectivity index (χ1) is 11.5. The van der Waals surface area contributed by atoms with Crippen LogP contribution in [0.1, 0.15) is 12.5 Å². The van der Waals surface area contributed by atoms with E-state index in [9.17, 15) is 8.42 Å². The molecule has 0 aliphatic heterocycles. The average molecular weight is 359 g/mol. The molecule has 0 saturated carbocycles. The molecule has 0 atom stereocenters. The number of sulfone groups is 1. The maximum Gasteiger partial charge on any atom is 0.228 e. The predicted octanol–water partition coefficient (Wildman–Crippen LogP) is 4.59. The van der Waals surface area contributed by atoms with E-state index in [0.29, 0.717) is 16.7 Å². The Labute approximate surface area is 145 Å². The van der Waals surface area contributed by atoms with Crippen molar-refractivity contribution in [3.8, 4) is 11.5 Å². The molecule has 0 fully saturated rings. The SMILES string of the molecule is CCSc1oc(-c2ccccc2)nc1S(=O)(=O)c1ccc(C)cc1. The first-order valence-electron chi connectivity index (χ1n) is 7.53. The molecular weight excluding hydrogens is 342 g/mol. The molecule has 0 aliphatic rings. The molecule has 124 valence electrons. The van der Waals surface area contributed by atoms with E-state index >= 15 is 0 Å². The molecule has 24 heavy (non-hydrogen) atoms. The molecule has 1 aromatic heterocycles. The molecule has 4 nitrogen and oxygen atoms in total. The molecule has 0 unspecified atom stereocenters. The van der Waals surface area contributed by atoms with E-state index in [0.717, 1.165) is 11.1 Å². The first kappa shape index (κ1) is 16.8. The molecule has 0 aliphatic carbocycles. The van der Waals surface area contributed by atoms with Gasteiger partial charge in [0.2, 0.25) is 25.8 Å². The predicted molar refractivity (Wildman–Crippen MR) is 95.0 cm³/mol. The Morgan fingerprint density at radius 3 is 2.33 bits per heavy atom. The van der Waals surface area contributed by atoms with Crippen molar-refractivity contribution in [3.05, 3.63) is 60.2 Å². The standard InChI is InChI=1S/C18H17NO3S2/c1-3-23-18-17(19-16(22-18)14-7-5-4-6-8-14)24(20,21)15-11-9-13(2)10-12-15/h4-12H,3H2,1-2H3. The van der Waals surface area contributed by atoms with Crippen molar-refractivity contribution in [3.63, 3.8) is 0 Å². The number of aromatic nitrogens is 1. The lowest BCUT2D eigenvalue weighted by Crippen LogP contribution is -2.04. The van der Waals surface area contributed by atoms with Crippen LogP contribution in [-0.2, 0) is 9.84 Å². The van der Waals surface area contributed by atoms with Crippen LogP contribution in [0.3, 0.4) is 0 Å². The van der Waals surface area contributed by atoms with Gasteiger partial charge in [0.15, 0.2) is 0 Å². The van der Waals surface area contributed by atoms with Gasteiger partial charge >= 0.3 is 0 Å². The average Bonchev–Trinajstić information content (AvgIpc) is 3.01. The number of nitrogens with zero attached hydrogens (tertiary/aromatic N) is 1. The lowest BCUT2D eigenvalue weighted by Gasteiger charge is -2.03. The lowest BCUT2D eigenvalue weighted by atomic mass is 10.2. The number of hydrogen-bond donors (Lipinski definition) is 0. The van der Waals surface area contributed by atoms with Crippen molar-refractivity contribution in [2.24, 2.45) is 0 Å². The van der Waals surface area contributed by atoms with Crippen LogP contribution in [-0.4, -0.2) is 19.2 Å². The van der Waals surface area contributed by atoms with Gasteiger partial charge in [0, 0.05) is 5.56 Å². The highest BCUT2D eigenvalue weighted by molar-refractivity contribution is 8.00. The summed E-state index contributed by atoms with van der Waals surface area (Å²) in [6.07, 6.45) is 0. The maximum atomic E-state index is 12.9. The summed E-state index contributed by atoms with van der Waals surface area (Å²) in [6.45, 7) is 3.86. The van der Waals surface area contributed by atoms with Crippen LogP contribution >= 0.6 is 11.8 Å². The third-order valence-electron chi connectivity index (χ3n) is 3.45. The van der Waals surface area contributed by atoms with Crippen molar-refractivity contribution >= 4 is 21.6 Å². The molecule has 0 N–H and O–H groups in total. The summed E-state index contributed by atoms with van der Waals surface area (Å²) < 4.78 is 31.6. The van der Waals surface area contributed by atoms with Gasteiger partial charge in [0.1, 0.15) is 0 Å². The van der Waals surface area contributed by atoms with Gasteiger partial charge in [-0.15, -0.1) is 0 Å². The number of aryl methyl sites for hydroxylation is 1. The first-order valence-corrected chi connectivity index (χ1v) is 10.00. The Balaban J connectivity index is 2.12. The van der Waals surface area contributed by atoms with Gasteiger partial charge in [-0.1, -0.05) is 54.6 Å². The molecule has 3 aromatic rings. The Morgan fingerprint density at radius 2 is 1.71 bits per heavy atom. The molecule has 0 spiro atoms. The highest BCUT2D eigenvalue weighted by Gasteiger charge is 2.28. The fourth-order valence-electron chi connectivity index (χ4n) is 2.22. The van der Waals surface area contributed by atoms with Crippen LogP contribution in [0.4, 0.5) is 0 Å². The fourth-order valence-corrected chi connectivity index (χ4v) is 4.47. The second-order valence-electron chi connectivity index (χ2n) is 5.23. The summed E-state index contributed by atoms with van der Waals surface area (Å²) in [5, 5.41) is 0.314. The van der Waals surface area contributed by atoms with Crippen LogP contribution < -0.4 is 0 Å². The molecular formula is C18H17NO3S2. The van der Waals surface area contributed by atoms with E-state index in [4.69, 9.17) is 4.42 Å². The van der Waals surface area contributed by atoms with Gasteiger partial charge in [-0.25, -0.2) is 8.42 Å². The van der Waals surface area contributed by atoms with Gasteiger partial charge in [-0.3, -0.25) is 0 Å². The summed E-state index contributed by atoms with van der Waals surface area (Å²) >= 11 is 1.33. The monoisotopic (exact) mass is 359 g/mol. The number of hydrogen-bond acceptors (Lipinski definition) is 5. The molecule has 6 heteroatoms. The number of oxazole rings is 1. The van der Waals surface area contributed by atoms with Crippen molar-refractivity contribution in [1.29, 1.82) is 0 Å². The highest BCUT2D eigenvalue weighted by atomic mass is 32.2. The van der Waals surface area contributed by atoms with Crippen molar-refractivity contribution in [2.75, 3.05) is 5.75 Å². The van der Waals surface area contributed by atoms with Crippen LogP contribution in [0.2, 0.25) is 0 Å². The van der Waals surface area contributed by atoms with Gasteiger partial charge in [0.05, 0.1) is 4.90 Å². The summed E-state index contributed by atoms with van der Waals surface area (Å²) in [7, 11) is -3.72. The van der Waals surface area contributed by atoms with Crippen LogP contribution in [0, 0.1) is 6.92 Å². The molecule has 0 saturated heterocycles. The minimum absolute atomic E-state index is 0.0166. The fraction of sp³-hybridized carbons (Fsp3) is 0.167. The summed E-state index contributed by atoms with van der Waals surface area (Å²) in [5.41, 5.74) is 1.75. The van der Waals surface area contributed by atoms with E-state index in [1.807, 2.05) is 44.2 Å². The highest BCUT2D eigenvalue weighted by Crippen LogP contribution is 2.34. The van der Waals surface area contributed by atoms with E-state index in [1.54, 1.807) is 24.3 Å². The zero-order chi connectivity index (χ0) is 17.2. The Bertz CT molecular complexity index is 930. The van der Waals surface area contributed by atoms with E-state index in [1.165, 1.54) is 11.8 Å². The quantitative estimate of drug-likeness (QED) is 0.623. The van der Waals surface area contributed by atoms with Crippen LogP contribution in [0.15, 0.2) is 74.0 Å². The molecule has 0 bridgehead atoms. The minimum Gasteiger partial charge on any atom is -0.428 e. The number of rotatable bonds is 5. The second-order valence-corrected chi connectivity index (χ2v) is 8.33. The smallest absolute Gasteiger partial charge is 0.228 e. The maximum absolute atomic E-state index is 12.9. The Kier molecular flexibility index (Phi) is 4.78. The van der Waals surface area contributed by atoms with Gasteiger partial charge in [0.25, 0.3) is 0 Å². The lowest BCUT2D eigenvalue weighted by molar-refractivity contribution is 0.470. The summed E-state index contributed by atoms with van der Waals surface area (Å²) in [4.78, 5) is 4.52. The van der Waals surface area contributed by atoms with Crippen molar-refractivity contribution in [2.45, 2.75) is 28.9 Å². The molecule has 0 radical (unpaired) electrons. The third-order valence-corrected chi connectivity index (χ3v) is 6.08. The topological polar surface area (TPSA) is 60.2 Å². The van der Waals surface area contributed by atoms with Gasteiger partial charge in [-0.05, 0) is 36.9 Å². The van der Waals surface area contributed by atoms with Gasteiger partial charge in [-0.2, -0.15) is 4.98 Å². The largest absolute Gasteiger partial charge is 0.428 e. The van der Waals surface area contributed by atoms with Crippen LogP contribution in [0.5, 0.6) is 0 Å². The van der Waals surface area contributed by atoms with E-state index in [2.05, 4.69) is 4.98 Å². The van der Waals surface area contributed by atoms with E-state index in [-0.39, 0.29) is 9.92 Å². The minimum atomic E-state index is -3.72.